The van der Waals surface area contributed by atoms with E-state index in [1.807, 2.05) is 4.72 Å². The van der Waals surface area contributed by atoms with Crippen LogP contribution in [0.15, 0.2) is 23.1 Å². The molecule has 0 aliphatic rings. The van der Waals surface area contributed by atoms with Gasteiger partial charge in [0.2, 0.25) is 20.0 Å². The van der Waals surface area contributed by atoms with Crippen LogP contribution in [0.1, 0.15) is 0 Å². The zero-order valence-electron chi connectivity index (χ0n) is 9.96. The highest BCUT2D eigenvalue weighted by Crippen LogP contribution is 2.18. The number of nitrogens with two attached hydrogens (primary N) is 1. The molecule has 0 atom stereocenters. The van der Waals surface area contributed by atoms with Gasteiger partial charge in [0.15, 0.2) is 0 Å². The SMILES string of the molecule is COCCS(=O)(=O)Nc1cc(F)cc(S(N)(=O)=O)c1. The molecule has 1 aromatic carbocycles. The Morgan fingerprint density at radius 3 is 2.42 bits per heavy atom. The summed E-state index contributed by atoms with van der Waals surface area (Å²) in [5.41, 5.74) is -0.222. The first-order valence-electron chi connectivity index (χ1n) is 4.97. The lowest BCUT2D eigenvalue weighted by molar-refractivity contribution is 0.217. The van der Waals surface area contributed by atoms with Crippen molar-refractivity contribution in [3.05, 3.63) is 24.0 Å². The highest BCUT2D eigenvalue weighted by molar-refractivity contribution is 7.92. The summed E-state index contributed by atoms with van der Waals surface area (Å²) >= 11 is 0. The Kier molecular flexibility index (Phi) is 4.85. The van der Waals surface area contributed by atoms with E-state index in [0.717, 1.165) is 12.1 Å². The fraction of sp³-hybridized carbons (Fsp3) is 0.333. The van der Waals surface area contributed by atoms with Gasteiger partial charge in [0.25, 0.3) is 0 Å². The van der Waals surface area contributed by atoms with Gasteiger partial charge >= 0.3 is 0 Å². The van der Waals surface area contributed by atoms with Gasteiger partial charge in [-0.2, -0.15) is 0 Å². The Balaban J connectivity index is 3.06. The molecule has 3 N–H and O–H groups in total. The Morgan fingerprint density at radius 1 is 1.26 bits per heavy atom. The van der Waals surface area contributed by atoms with Crippen LogP contribution in [0.2, 0.25) is 0 Å². The second-order valence-electron chi connectivity index (χ2n) is 3.63. The first-order valence-corrected chi connectivity index (χ1v) is 8.17. The van der Waals surface area contributed by atoms with Gasteiger partial charge in [0.05, 0.1) is 22.9 Å². The molecule has 0 radical (unpaired) electrons. The average molecular weight is 312 g/mol. The molecular weight excluding hydrogens is 299 g/mol. The molecule has 0 aliphatic heterocycles. The van der Waals surface area contributed by atoms with E-state index in [0.29, 0.717) is 6.07 Å². The van der Waals surface area contributed by atoms with E-state index in [-0.39, 0.29) is 18.0 Å². The third kappa shape index (κ3) is 5.11. The number of rotatable bonds is 6. The third-order valence-electron chi connectivity index (χ3n) is 2.03. The van der Waals surface area contributed by atoms with Crippen LogP contribution in [0.4, 0.5) is 10.1 Å². The van der Waals surface area contributed by atoms with E-state index in [1.54, 1.807) is 0 Å². The van der Waals surface area contributed by atoms with Gasteiger partial charge in [-0.25, -0.2) is 26.4 Å². The van der Waals surface area contributed by atoms with Crippen LogP contribution in [-0.4, -0.2) is 36.3 Å². The number of nitrogens with one attached hydrogen (secondary N) is 1. The second-order valence-corrected chi connectivity index (χ2v) is 7.04. The summed E-state index contributed by atoms with van der Waals surface area (Å²) in [6, 6.07) is 2.48. The van der Waals surface area contributed by atoms with E-state index >= 15 is 0 Å². The molecule has 0 aliphatic carbocycles. The average Bonchev–Trinajstić information content (AvgIpc) is 2.23. The maximum Gasteiger partial charge on any atom is 0.238 e. The van der Waals surface area contributed by atoms with Crippen LogP contribution in [0.3, 0.4) is 0 Å². The molecule has 0 unspecified atom stereocenters. The Labute approximate surface area is 110 Å². The number of hydrogen-bond donors (Lipinski definition) is 2. The van der Waals surface area contributed by atoms with Gasteiger partial charge in [0, 0.05) is 7.11 Å². The predicted octanol–water partition coefficient (Wildman–Crippen LogP) is -0.139. The maximum absolute atomic E-state index is 13.2. The molecule has 0 fully saturated rings. The van der Waals surface area contributed by atoms with Crippen molar-refractivity contribution >= 4 is 25.7 Å². The number of methoxy groups -OCH3 is 1. The van der Waals surface area contributed by atoms with E-state index in [4.69, 9.17) is 5.14 Å². The van der Waals surface area contributed by atoms with Crippen LogP contribution in [-0.2, 0) is 24.8 Å². The normalized spacial score (nSPS) is 12.4. The minimum Gasteiger partial charge on any atom is -0.384 e. The molecule has 0 spiro atoms. The molecule has 1 aromatic rings. The van der Waals surface area contributed by atoms with Crippen molar-refractivity contribution in [2.75, 3.05) is 24.2 Å². The molecule has 0 amide bonds. The quantitative estimate of drug-likeness (QED) is 0.758. The molecule has 0 saturated heterocycles. The van der Waals surface area contributed by atoms with Gasteiger partial charge in [-0.05, 0) is 18.2 Å². The minimum atomic E-state index is -4.12. The van der Waals surface area contributed by atoms with Crippen molar-refractivity contribution in [3.8, 4) is 0 Å². The van der Waals surface area contributed by atoms with E-state index in [2.05, 4.69) is 4.74 Å². The lowest BCUT2D eigenvalue weighted by Gasteiger charge is -2.09. The molecule has 0 aromatic heterocycles. The Morgan fingerprint density at radius 2 is 1.89 bits per heavy atom. The zero-order valence-corrected chi connectivity index (χ0v) is 11.6. The lowest BCUT2D eigenvalue weighted by atomic mass is 10.3. The summed E-state index contributed by atoms with van der Waals surface area (Å²) in [4.78, 5) is -0.517. The minimum absolute atomic E-state index is 0.0489. The highest BCUT2D eigenvalue weighted by Gasteiger charge is 2.15. The molecule has 0 heterocycles. The van der Waals surface area contributed by atoms with Gasteiger partial charge in [-0.3, -0.25) is 4.72 Å². The Hall–Kier alpha value is -1.23. The molecular formula is C9H13FN2O5S2. The number of primary sulfonamides is 1. The predicted molar refractivity (Wildman–Crippen MR) is 67.1 cm³/mol. The molecule has 0 bridgehead atoms. The van der Waals surface area contributed by atoms with Crippen LogP contribution in [0.5, 0.6) is 0 Å². The summed E-state index contributed by atoms with van der Waals surface area (Å²) < 4.78 is 65.1. The number of anilines is 1. The molecule has 0 saturated carbocycles. The maximum atomic E-state index is 13.2. The first-order chi connectivity index (χ1) is 8.64. The van der Waals surface area contributed by atoms with Gasteiger partial charge in [-0.15, -0.1) is 0 Å². The second kappa shape index (κ2) is 5.82. The summed E-state index contributed by atoms with van der Waals surface area (Å²) in [6.45, 7) is -0.0489. The number of benzene rings is 1. The largest absolute Gasteiger partial charge is 0.384 e. The lowest BCUT2D eigenvalue weighted by Crippen LogP contribution is -2.20. The first kappa shape index (κ1) is 15.8. The van der Waals surface area contributed by atoms with E-state index < -0.39 is 30.8 Å². The summed E-state index contributed by atoms with van der Waals surface area (Å²) in [6.07, 6.45) is 0. The van der Waals surface area contributed by atoms with Crippen molar-refractivity contribution in [1.82, 2.24) is 0 Å². The molecule has 7 nitrogen and oxygen atoms in total. The smallest absolute Gasteiger partial charge is 0.238 e. The van der Waals surface area contributed by atoms with Crippen molar-refractivity contribution in [2.24, 2.45) is 5.14 Å². The number of halogens is 1. The van der Waals surface area contributed by atoms with Crippen molar-refractivity contribution in [2.45, 2.75) is 4.90 Å². The van der Waals surface area contributed by atoms with Crippen molar-refractivity contribution in [3.63, 3.8) is 0 Å². The zero-order chi connectivity index (χ0) is 14.7. The van der Waals surface area contributed by atoms with Crippen molar-refractivity contribution < 1.29 is 26.0 Å². The van der Waals surface area contributed by atoms with Crippen LogP contribution in [0, 0.1) is 5.82 Å². The van der Waals surface area contributed by atoms with Gasteiger partial charge in [0.1, 0.15) is 5.82 Å². The van der Waals surface area contributed by atoms with Gasteiger partial charge in [-0.1, -0.05) is 0 Å². The molecule has 10 heteroatoms. The van der Waals surface area contributed by atoms with Crippen LogP contribution < -0.4 is 9.86 Å². The van der Waals surface area contributed by atoms with Crippen LogP contribution in [0.25, 0.3) is 0 Å². The van der Waals surface area contributed by atoms with Gasteiger partial charge < -0.3 is 4.74 Å². The van der Waals surface area contributed by atoms with Crippen molar-refractivity contribution in [1.29, 1.82) is 0 Å². The topological polar surface area (TPSA) is 116 Å². The monoisotopic (exact) mass is 312 g/mol. The fourth-order valence-electron chi connectivity index (χ4n) is 1.21. The highest BCUT2D eigenvalue weighted by atomic mass is 32.2. The Bertz CT molecular complexity index is 657. The third-order valence-corrected chi connectivity index (χ3v) is 4.17. The number of hydrogen-bond acceptors (Lipinski definition) is 5. The number of ether oxygens (including phenoxy) is 1. The summed E-state index contributed by atoms with van der Waals surface area (Å²) in [7, 11) is -6.54. The van der Waals surface area contributed by atoms with E-state index in [1.165, 1.54) is 7.11 Å². The standard InChI is InChI=1S/C9H13FN2O5S2/c1-17-2-3-18(13,14)12-8-4-7(10)5-9(6-8)19(11,15)16/h4-6,12H,2-3H2,1H3,(H2,11,15,16). The molecule has 1 rings (SSSR count). The summed E-state index contributed by atoms with van der Waals surface area (Å²) in [5, 5.41) is 4.85. The molecule has 19 heavy (non-hydrogen) atoms. The van der Waals surface area contributed by atoms with E-state index in [9.17, 15) is 21.2 Å². The number of sulfonamides is 2. The fourth-order valence-corrected chi connectivity index (χ4v) is 2.74. The van der Waals surface area contributed by atoms with Crippen LogP contribution >= 0.6 is 0 Å². The summed E-state index contributed by atoms with van der Waals surface area (Å²) in [5.74, 6) is -1.26. The molecule has 108 valence electrons.